The van der Waals surface area contributed by atoms with E-state index in [2.05, 4.69) is 65.6 Å². The van der Waals surface area contributed by atoms with Crippen molar-refractivity contribution in [3.63, 3.8) is 0 Å². The fourth-order valence-electron chi connectivity index (χ4n) is 7.84. The molecule has 0 radical (unpaired) electrons. The van der Waals surface area contributed by atoms with Gasteiger partial charge in [-0.3, -0.25) is 0 Å². The summed E-state index contributed by atoms with van der Waals surface area (Å²) in [7, 11) is 0. The first-order valence-electron chi connectivity index (χ1n) is 19.1. The van der Waals surface area contributed by atoms with Gasteiger partial charge in [-0.15, -0.1) is 38.8 Å². The van der Waals surface area contributed by atoms with Gasteiger partial charge in [0.1, 0.15) is 17.2 Å². The summed E-state index contributed by atoms with van der Waals surface area (Å²) in [5.74, 6) is 0.483. The molecule has 0 bridgehead atoms. The topological polar surface area (TPSA) is 37.1 Å². The molecule has 1 aliphatic carbocycles. The van der Waals surface area contributed by atoms with E-state index < -0.39 is 19.2 Å². The Kier molecular flexibility index (Phi) is 5.69. The number of aromatic nitrogens is 2. The Hall–Kier alpha value is -5.48. The van der Waals surface area contributed by atoms with Gasteiger partial charge in [0.05, 0.1) is 11.1 Å². The average Bonchev–Trinajstić information content (AvgIpc) is 3.85. The van der Waals surface area contributed by atoms with E-state index >= 15 is 0 Å². The van der Waals surface area contributed by atoms with Crippen LogP contribution in [0.1, 0.15) is 36.0 Å². The first-order valence-corrected chi connectivity index (χ1v) is 16.1. The molecule has 8 aromatic rings. The fraction of sp³-hybridized carbons (Fsp3) is 0.0682. The van der Waals surface area contributed by atoms with E-state index in [1.807, 2.05) is 71.3 Å². The van der Waals surface area contributed by atoms with Crippen LogP contribution in [0, 0.1) is 19.0 Å². The van der Waals surface area contributed by atoms with Crippen molar-refractivity contribution < 1.29 is 34.2 Å². The molecule has 0 unspecified atom stereocenters. The van der Waals surface area contributed by atoms with Crippen molar-refractivity contribution in [3.05, 3.63) is 186 Å². The molecule has 5 nitrogen and oxygen atoms in total. The van der Waals surface area contributed by atoms with Crippen LogP contribution in [0.5, 0.6) is 0 Å². The van der Waals surface area contributed by atoms with Crippen molar-refractivity contribution in [2.45, 2.75) is 12.3 Å². The summed E-state index contributed by atoms with van der Waals surface area (Å²) >= 11 is 0. The van der Waals surface area contributed by atoms with Gasteiger partial charge in [0.2, 0.25) is 0 Å². The zero-order chi connectivity index (χ0) is 37.7. The minimum atomic E-state index is -2.49. The second kappa shape index (κ2) is 11.6. The summed E-state index contributed by atoms with van der Waals surface area (Å²) in [6, 6.07) is 53.0. The number of aryl methyl sites for hydroxylation is 1. The summed E-state index contributed by atoms with van der Waals surface area (Å²) in [6.45, 7) is -4.80. The summed E-state index contributed by atoms with van der Waals surface area (Å²) in [5.41, 5.74) is 8.56. The first kappa shape index (κ1) is 24.6. The summed E-state index contributed by atoms with van der Waals surface area (Å²) in [6.07, 6.45) is 1.54. The standard InChI is InChI=1S/C44H30N4O.Pt/c1-29-24-25-45-43(26-29)47-39-19-8-5-16-35(39)36-23-22-31(28-42(36)47)44(37-17-6-3-14-33(37)34-15-4-7-18-38(34)44)30-12-11-13-32(27-30)48-41-21-10-9-20-40(41)46(2)49-48;/h3-26H,1-2H3;/q-2;/p+1/i1D3,2D3;. The van der Waals surface area contributed by atoms with E-state index in [-0.39, 0.29) is 26.6 Å². The van der Waals surface area contributed by atoms with Gasteiger partial charge in [0, 0.05) is 48.0 Å². The monoisotopic (exact) mass is 832 g/mol. The zero-order valence-corrected chi connectivity index (χ0v) is 28.7. The Labute approximate surface area is 313 Å². The quantitative estimate of drug-likeness (QED) is 0.131. The van der Waals surface area contributed by atoms with Crippen LogP contribution in [0.25, 0.3) is 38.8 Å². The summed E-state index contributed by atoms with van der Waals surface area (Å²) in [5, 5.41) is 4.66. The van der Waals surface area contributed by atoms with Crippen LogP contribution in [0.4, 0.5) is 17.1 Å². The Morgan fingerprint density at radius 2 is 1.40 bits per heavy atom. The van der Waals surface area contributed by atoms with E-state index in [0.717, 1.165) is 60.2 Å². The van der Waals surface area contributed by atoms with Crippen LogP contribution in [0.15, 0.2) is 146 Å². The molecule has 6 heteroatoms. The zero-order valence-electron chi connectivity index (χ0n) is 32.4. The second-order valence-electron chi connectivity index (χ2n) is 12.4. The molecule has 0 saturated heterocycles. The number of hydrogen-bond acceptors (Lipinski definition) is 3. The minimum absolute atomic E-state index is 0. The third-order valence-electron chi connectivity index (χ3n) is 9.84. The van der Waals surface area contributed by atoms with Gasteiger partial charge in [-0.1, -0.05) is 84.4 Å². The molecule has 0 spiro atoms. The van der Waals surface area contributed by atoms with E-state index in [1.165, 1.54) is 6.07 Å². The maximum Gasteiger partial charge on any atom is 0.145 e. The smallest absolute Gasteiger partial charge is 0.145 e. The number of anilines is 3. The molecule has 1 aliphatic heterocycles. The van der Waals surface area contributed by atoms with Crippen molar-refractivity contribution >= 4 is 38.9 Å². The summed E-state index contributed by atoms with van der Waals surface area (Å²) in [4.78, 5) is 9.29. The van der Waals surface area contributed by atoms with Crippen LogP contribution >= 0.6 is 0 Å². The van der Waals surface area contributed by atoms with Crippen molar-refractivity contribution in [1.29, 1.82) is 0 Å². The second-order valence-corrected chi connectivity index (χ2v) is 12.4. The van der Waals surface area contributed by atoms with Gasteiger partial charge in [-0.25, -0.2) is 4.98 Å². The van der Waals surface area contributed by atoms with Crippen LogP contribution in [0.2, 0.25) is 0 Å². The molecule has 0 saturated carbocycles. The average molecular weight is 833 g/mol. The number of rotatable bonds is 4. The third kappa shape index (κ3) is 4.24. The Morgan fingerprint density at radius 1 is 0.680 bits per heavy atom. The van der Waals surface area contributed by atoms with Crippen LogP contribution in [0.3, 0.4) is 0 Å². The molecule has 244 valence electrons. The molecule has 0 atom stereocenters. The maximum absolute atomic E-state index is 8.21. The van der Waals surface area contributed by atoms with Gasteiger partial charge in [0.15, 0.2) is 0 Å². The Morgan fingerprint density at radius 3 is 2.20 bits per heavy atom. The molecular weight excluding hydrogens is 796 g/mol. The van der Waals surface area contributed by atoms with Crippen molar-refractivity contribution in [2.75, 3.05) is 17.1 Å². The van der Waals surface area contributed by atoms with Gasteiger partial charge in [-0.2, -0.15) is 35.3 Å². The van der Waals surface area contributed by atoms with Crippen LogP contribution in [-0.2, 0) is 26.5 Å². The molecule has 6 aromatic carbocycles. The minimum Gasteiger partial charge on any atom is -0.319 e. The number of hydroxylamine groups is 1. The predicted molar refractivity (Wildman–Crippen MR) is 197 cm³/mol. The van der Waals surface area contributed by atoms with E-state index in [0.29, 0.717) is 22.9 Å². The van der Waals surface area contributed by atoms with Gasteiger partial charge in [0.25, 0.3) is 0 Å². The Bertz CT molecular complexity index is 2790. The van der Waals surface area contributed by atoms with Gasteiger partial charge in [-0.05, 0) is 70.4 Å². The summed E-state index contributed by atoms with van der Waals surface area (Å²) < 4.78 is 51.0. The van der Waals surface area contributed by atoms with Gasteiger partial charge >= 0.3 is 0 Å². The van der Waals surface area contributed by atoms with Crippen molar-refractivity contribution in [3.8, 4) is 16.9 Å². The molecule has 0 fully saturated rings. The maximum atomic E-state index is 8.21. The molecule has 0 amide bonds. The third-order valence-corrected chi connectivity index (χ3v) is 9.84. The molecule has 1 N–H and O–H groups in total. The largest absolute Gasteiger partial charge is 0.319 e. The molecule has 2 aromatic heterocycles. The SMILES string of the molecule is [2H]C([2H])([2H])c1ccnc(-n2c3[c-]c(C4(c5[c-]c(N6[OH+]N(C([2H])([2H])[2H])c7ccccc76)ccc5)c5ccccc5-c5ccccc54)ccc3c3ccccc32)c1.[Pt]. The van der Waals surface area contributed by atoms with E-state index in [4.69, 9.17) is 13.2 Å². The predicted octanol–water partition coefficient (Wildman–Crippen LogP) is 9.88. The van der Waals surface area contributed by atoms with Crippen molar-refractivity contribution in [1.82, 2.24) is 9.55 Å². The molecule has 50 heavy (non-hydrogen) atoms. The molecular formula is C44H31N4OPt-. The van der Waals surface area contributed by atoms with Crippen LogP contribution in [-0.4, -0.2) is 21.5 Å². The van der Waals surface area contributed by atoms with Crippen LogP contribution < -0.4 is 10.1 Å². The number of benzene rings is 6. The number of nitrogens with zero attached hydrogens (tertiary/aromatic N) is 4. The molecule has 2 aliphatic rings. The number of pyridine rings is 1. The van der Waals surface area contributed by atoms with Crippen molar-refractivity contribution in [2.24, 2.45) is 0 Å². The molecule has 10 rings (SSSR count). The number of hydrogen-bond donors (Lipinski definition) is 0. The molecule has 3 heterocycles. The normalized spacial score (nSPS) is 16.3. The van der Waals surface area contributed by atoms with E-state index in [1.54, 1.807) is 29.5 Å². The number of fused-ring (bicyclic) bond motifs is 7. The number of para-hydroxylation sites is 3. The van der Waals surface area contributed by atoms with E-state index in [9.17, 15) is 0 Å². The first-order chi connectivity index (χ1) is 26.5. The fourth-order valence-corrected chi connectivity index (χ4v) is 7.84. The van der Waals surface area contributed by atoms with Gasteiger partial charge < -0.3 is 4.57 Å². The Balaban J connectivity index is 0.00000410.